The highest BCUT2D eigenvalue weighted by molar-refractivity contribution is 5.89. The topological polar surface area (TPSA) is 140 Å². The molecule has 1 aliphatic rings. The van der Waals surface area contributed by atoms with Crippen LogP contribution in [0.25, 0.3) is 0 Å². The lowest BCUT2D eigenvalue weighted by Gasteiger charge is -2.26. The van der Waals surface area contributed by atoms with Gasteiger partial charge in [0.2, 0.25) is 5.91 Å². The summed E-state index contributed by atoms with van der Waals surface area (Å²) < 4.78 is 13.3. The summed E-state index contributed by atoms with van der Waals surface area (Å²) in [7, 11) is 1.64. The van der Waals surface area contributed by atoms with E-state index in [9.17, 15) is 14.4 Å². The fraction of sp³-hybridized carbons (Fsp3) is 0.462. The van der Waals surface area contributed by atoms with E-state index in [1.165, 1.54) is 12.8 Å². The zero-order chi connectivity index (χ0) is 26.3. The van der Waals surface area contributed by atoms with E-state index in [-0.39, 0.29) is 5.91 Å². The fourth-order valence-corrected chi connectivity index (χ4v) is 3.77. The number of aliphatic carboxylic acids is 2. The van der Waals surface area contributed by atoms with Gasteiger partial charge in [0.25, 0.3) is 0 Å². The van der Waals surface area contributed by atoms with E-state index in [1.807, 2.05) is 29.0 Å². The molecule has 196 valence electrons. The van der Waals surface area contributed by atoms with Crippen molar-refractivity contribution in [1.82, 2.24) is 14.9 Å². The summed E-state index contributed by atoms with van der Waals surface area (Å²) in [6, 6.07) is 6.24. The summed E-state index contributed by atoms with van der Waals surface area (Å²) in [6.07, 6.45) is 12.4. The number of aromatic nitrogens is 2. The van der Waals surface area contributed by atoms with Crippen molar-refractivity contribution in [2.24, 2.45) is 5.92 Å². The molecule has 2 aromatic rings. The summed E-state index contributed by atoms with van der Waals surface area (Å²) in [5.74, 6) is -0.169. The van der Waals surface area contributed by atoms with Crippen LogP contribution in [0.3, 0.4) is 0 Å². The highest BCUT2D eigenvalue weighted by Gasteiger charge is 2.19. The van der Waals surface area contributed by atoms with Crippen LogP contribution >= 0.6 is 0 Å². The lowest BCUT2D eigenvalue weighted by molar-refractivity contribution is -0.134. The molecule has 1 aromatic heterocycles. The van der Waals surface area contributed by atoms with Gasteiger partial charge in [0.1, 0.15) is 6.61 Å². The van der Waals surface area contributed by atoms with Gasteiger partial charge in [-0.25, -0.2) is 14.6 Å². The Hall–Kier alpha value is -3.82. The number of ether oxygens (including phenoxy) is 2. The molecule has 0 saturated heterocycles. The van der Waals surface area contributed by atoms with E-state index in [1.54, 1.807) is 19.6 Å². The van der Waals surface area contributed by atoms with E-state index < -0.39 is 11.9 Å². The first kappa shape index (κ1) is 28.4. The van der Waals surface area contributed by atoms with Gasteiger partial charge in [-0.1, -0.05) is 13.0 Å². The van der Waals surface area contributed by atoms with Crippen LogP contribution in [0.5, 0.6) is 11.5 Å². The second kappa shape index (κ2) is 15.2. The quantitative estimate of drug-likeness (QED) is 0.399. The number of methoxy groups -OCH3 is 1. The van der Waals surface area contributed by atoms with Crippen molar-refractivity contribution in [2.45, 2.75) is 58.0 Å². The normalized spacial score (nSPS) is 17.1. The number of rotatable bonds is 11. The maximum absolute atomic E-state index is 12.3. The number of carbonyl (C=O) groups excluding carboxylic acids is 1. The molecule has 3 N–H and O–H groups in total. The summed E-state index contributed by atoms with van der Waals surface area (Å²) in [4.78, 5) is 35.4. The summed E-state index contributed by atoms with van der Waals surface area (Å²) >= 11 is 0. The maximum atomic E-state index is 12.3. The summed E-state index contributed by atoms with van der Waals surface area (Å²) in [5.41, 5.74) is 1.08. The van der Waals surface area contributed by atoms with Crippen molar-refractivity contribution in [3.05, 3.63) is 54.6 Å². The van der Waals surface area contributed by atoms with Gasteiger partial charge >= 0.3 is 11.9 Å². The fourth-order valence-electron chi connectivity index (χ4n) is 3.77. The van der Waals surface area contributed by atoms with Crippen LogP contribution in [0.2, 0.25) is 0 Å². The van der Waals surface area contributed by atoms with Gasteiger partial charge in [0, 0.05) is 37.0 Å². The summed E-state index contributed by atoms with van der Waals surface area (Å²) in [6.45, 7) is 3.55. The Morgan fingerprint density at radius 2 is 1.81 bits per heavy atom. The minimum absolute atomic E-state index is 0.138. The molecule has 0 aliphatic heterocycles. The average Bonchev–Trinajstić information content (AvgIpc) is 3.37. The minimum Gasteiger partial charge on any atom is -0.493 e. The van der Waals surface area contributed by atoms with Crippen molar-refractivity contribution in [1.29, 1.82) is 0 Å². The molecule has 1 saturated carbocycles. The lowest BCUT2D eigenvalue weighted by atomic mass is 9.87. The zero-order valence-electron chi connectivity index (χ0n) is 20.8. The van der Waals surface area contributed by atoms with Crippen molar-refractivity contribution in [3.8, 4) is 11.5 Å². The molecule has 10 nitrogen and oxygen atoms in total. The van der Waals surface area contributed by atoms with Gasteiger partial charge in [0.05, 0.1) is 20.0 Å². The molecule has 1 heterocycles. The Morgan fingerprint density at radius 1 is 1.11 bits per heavy atom. The molecule has 1 aromatic carbocycles. The van der Waals surface area contributed by atoms with Crippen molar-refractivity contribution in [2.75, 3.05) is 13.7 Å². The van der Waals surface area contributed by atoms with Crippen LogP contribution < -0.4 is 14.8 Å². The number of nitrogens with one attached hydrogen (secondary N) is 1. The number of amides is 1. The molecule has 36 heavy (non-hydrogen) atoms. The molecule has 1 fully saturated rings. The number of aryl methyl sites for hydroxylation is 1. The molecule has 0 atom stereocenters. The van der Waals surface area contributed by atoms with Gasteiger partial charge in [-0.2, -0.15) is 0 Å². The molecule has 0 spiro atoms. The average molecular weight is 502 g/mol. The first-order valence-corrected chi connectivity index (χ1v) is 12.0. The van der Waals surface area contributed by atoms with Gasteiger partial charge < -0.3 is 29.6 Å². The van der Waals surface area contributed by atoms with Crippen LogP contribution in [0.4, 0.5) is 0 Å². The van der Waals surface area contributed by atoms with E-state index >= 15 is 0 Å². The van der Waals surface area contributed by atoms with E-state index in [4.69, 9.17) is 19.7 Å². The highest BCUT2D eigenvalue weighted by atomic mass is 16.5. The smallest absolute Gasteiger partial charge is 0.328 e. The third kappa shape index (κ3) is 11.1. The van der Waals surface area contributed by atoms with Gasteiger partial charge in [-0.15, -0.1) is 0 Å². The minimum atomic E-state index is -1.26. The Kier molecular flexibility index (Phi) is 12.0. The highest BCUT2D eigenvalue weighted by Crippen LogP contribution is 2.29. The molecular weight excluding hydrogens is 466 g/mol. The number of hydrogen-bond acceptors (Lipinski definition) is 6. The van der Waals surface area contributed by atoms with E-state index in [0.29, 0.717) is 49.1 Å². The number of imidazole rings is 1. The first-order chi connectivity index (χ1) is 17.3. The third-order valence-electron chi connectivity index (χ3n) is 5.78. The molecule has 10 heteroatoms. The second-order valence-corrected chi connectivity index (χ2v) is 8.67. The number of carbonyl (C=O) groups is 3. The predicted molar refractivity (Wildman–Crippen MR) is 133 cm³/mol. The van der Waals surface area contributed by atoms with Crippen LogP contribution in [0, 0.1) is 5.92 Å². The van der Waals surface area contributed by atoms with Crippen LogP contribution in [-0.4, -0.2) is 57.4 Å². The van der Waals surface area contributed by atoms with Crippen molar-refractivity contribution in [3.63, 3.8) is 0 Å². The first-order valence-electron chi connectivity index (χ1n) is 12.0. The molecule has 0 radical (unpaired) electrons. The molecule has 0 bridgehead atoms. The molecule has 1 amide bonds. The standard InChI is InChI=1S/C22H31N3O3.C4H4O4/c1-17-3-7-19(8-4-17)24-22(26)10-6-18-5-9-20(21(15-18)27-2)28-14-13-25-12-11-23-16-25;5-3(6)1-2-4(7)8/h5,9,11-12,15-17,19H,3-4,6-8,10,13-14H2,1-2H3,(H,24,26);1-2H,(H,5,6)(H,7,8)/t17-,19-;. The number of hydrogen-bond donors (Lipinski definition) is 3. The van der Waals surface area contributed by atoms with Crippen LogP contribution in [0.15, 0.2) is 49.1 Å². The Balaban J connectivity index is 0.000000493. The number of benzene rings is 1. The second-order valence-electron chi connectivity index (χ2n) is 8.67. The SMILES string of the molecule is COc1cc(CCC(=O)N[C@H]2CC[C@H](C)CC2)ccc1OCCn1ccnc1.O=C(O)C=CC(=O)O. The van der Waals surface area contributed by atoms with E-state index in [0.717, 1.165) is 30.9 Å². The Labute approximate surface area is 210 Å². The molecule has 1 aliphatic carbocycles. The maximum Gasteiger partial charge on any atom is 0.328 e. The van der Waals surface area contributed by atoms with Crippen molar-refractivity contribution < 1.29 is 34.1 Å². The van der Waals surface area contributed by atoms with Gasteiger partial charge in [0.15, 0.2) is 11.5 Å². The Morgan fingerprint density at radius 3 is 2.39 bits per heavy atom. The number of nitrogens with zero attached hydrogens (tertiary/aromatic N) is 2. The molecule has 0 unspecified atom stereocenters. The van der Waals surface area contributed by atoms with Crippen LogP contribution in [0.1, 0.15) is 44.6 Å². The zero-order valence-corrected chi connectivity index (χ0v) is 20.8. The monoisotopic (exact) mass is 501 g/mol. The summed E-state index contributed by atoms with van der Waals surface area (Å²) in [5, 5.41) is 18.8. The predicted octanol–water partition coefficient (Wildman–Crippen LogP) is 3.31. The molecular formula is C26H35N3O7. The van der Waals surface area contributed by atoms with Gasteiger partial charge in [-0.3, -0.25) is 4.79 Å². The van der Waals surface area contributed by atoms with Crippen molar-refractivity contribution >= 4 is 17.8 Å². The van der Waals surface area contributed by atoms with E-state index in [2.05, 4.69) is 17.2 Å². The largest absolute Gasteiger partial charge is 0.493 e. The van der Waals surface area contributed by atoms with Gasteiger partial charge in [-0.05, 0) is 55.7 Å². The lowest BCUT2D eigenvalue weighted by Crippen LogP contribution is -2.37. The van der Waals surface area contributed by atoms with Crippen LogP contribution in [-0.2, 0) is 27.3 Å². The number of carboxylic acid groups (broad SMARTS) is 2. The third-order valence-corrected chi connectivity index (χ3v) is 5.78. The number of carboxylic acids is 2. The Bertz CT molecular complexity index is 981. The molecule has 3 rings (SSSR count).